The van der Waals surface area contributed by atoms with Gasteiger partial charge in [0.2, 0.25) is 0 Å². The molecule has 0 aromatic heterocycles. The lowest BCUT2D eigenvalue weighted by atomic mass is 10.3. The van der Waals surface area contributed by atoms with Crippen molar-refractivity contribution in [2.75, 3.05) is 25.1 Å². The zero-order valence-electron chi connectivity index (χ0n) is 8.14. The number of hydrogen-bond donors (Lipinski definition) is 1. The Labute approximate surface area is 83.3 Å². The van der Waals surface area contributed by atoms with Crippen molar-refractivity contribution in [3.05, 3.63) is 30.3 Å². The van der Waals surface area contributed by atoms with Crippen molar-refractivity contribution in [2.45, 2.75) is 0 Å². The smallest absolute Gasteiger partial charge is 0.414 e. The molecule has 0 unspecified atom stereocenters. The highest BCUT2D eigenvalue weighted by Gasteiger charge is 2.10. The zero-order chi connectivity index (χ0) is 10.4. The number of amides is 1. The maximum atomic E-state index is 11.4. The molecular weight excluding hydrogens is 180 g/mol. The van der Waals surface area contributed by atoms with Gasteiger partial charge in [0.25, 0.3) is 0 Å². The van der Waals surface area contributed by atoms with E-state index in [0.717, 1.165) is 5.69 Å². The van der Waals surface area contributed by atoms with Crippen LogP contribution in [0, 0.1) is 0 Å². The van der Waals surface area contributed by atoms with Gasteiger partial charge in [-0.25, -0.2) is 4.79 Å². The van der Waals surface area contributed by atoms with E-state index >= 15 is 0 Å². The van der Waals surface area contributed by atoms with Gasteiger partial charge in [0.1, 0.15) is 6.61 Å². The molecule has 1 amide bonds. The summed E-state index contributed by atoms with van der Waals surface area (Å²) in [5.41, 5.74) is 6.02. The van der Waals surface area contributed by atoms with E-state index < -0.39 is 0 Å². The third kappa shape index (κ3) is 2.74. The summed E-state index contributed by atoms with van der Waals surface area (Å²) in [6.45, 7) is 0.588. The summed E-state index contributed by atoms with van der Waals surface area (Å²) >= 11 is 0. The van der Waals surface area contributed by atoms with Crippen LogP contribution in [-0.2, 0) is 4.74 Å². The second kappa shape index (κ2) is 5.24. The van der Waals surface area contributed by atoms with Gasteiger partial charge in [-0.1, -0.05) is 18.2 Å². The highest BCUT2D eigenvalue weighted by atomic mass is 16.6. The lowest BCUT2D eigenvalue weighted by molar-refractivity contribution is 0.158. The zero-order valence-corrected chi connectivity index (χ0v) is 8.14. The number of nitrogens with zero attached hydrogens (tertiary/aromatic N) is 1. The molecule has 0 spiro atoms. The number of carbonyl (C=O) groups excluding carboxylic acids is 1. The first-order chi connectivity index (χ1) is 6.75. The van der Waals surface area contributed by atoms with Gasteiger partial charge in [-0.15, -0.1) is 0 Å². The molecule has 0 heterocycles. The van der Waals surface area contributed by atoms with Gasteiger partial charge in [0.15, 0.2) is 0 Å². The van der Waals surface area contributed by atoms with Crippen LogP contribution in [0.3, 0.4) is 0 Å². The molecule has 0 fully saturated rings. The van der Waals surface area contributed by atoms with E-state index in [4.69, 9.17) is 10.5 Å². The van der Waals surface area contributed by atoms with Crippen LogP contribution in [0.25, 0.3) is 0 Å². The Hall–Kier alpha value is -1.55. The van der Waals surface area contributed by atoms with Gasteiger partial charge in [-0.2, -0.15) is 0 Å². The van der Waals surface area contributed by atoms with Crippen molar-refractivity contribution >= 4 is 11.8 Å². The maximum absolute atomic E-state index is 11.4. The van der Waals surface area contributed by atoms with E-state index in [0.29, 0.717) is 6.54 Å². The lowest BCUT2D eigenvalue weighted by Gasteiger charge is -2.16. The van der Waals surface area contributed by atoms with Gasteiger partial charge in [-0.3, -0.25) is 4.90 Å². The number of rotatable bonds is 3. The van der Waals surface area contributed by atoms with Crippen LogP contribution in [0.15, 0.2) is 30.3 Å². The van der Waals surface area contributed by atoms with Crippen LogP contribution in [0.1, 0.15) is 0 Å². The molecule has 0 aliphatic carbocycles. The highest BCUT2D eigenvalue weighted by Crippen LogP contribution is 2.11. The predicted molar refractivity (Wildman–Crippen MR) is 55.2 cm³/mol. The molecule has 0 aliphatic heterocycles. The predicted octanol–water partition coefficient (Wildman–Crippen LogP) is 1.22. The standard InChI is InChI=1S/C10H14N2O2/c1-12(10(13)14-8-7-11)9-5-3-2-4-6-9/h2-6H,7-8,11H2,1H3. The van der Waals surface area contributed by atoms with Crippen LogP contribution in [-0.4, -0.2) is 26.3 Å². The number of hydrogen-bond acceptors (Lipinski definition) is 3. The van der Waals surface area contributed by atoms with Crippen LogP contribution in [0.4, 0.5) is 10.5 Å². The maximum Gasteiger partial charge on any atom is 0.414 e. The molecule has 0 aliphatic rings. The quantitative estimate of drug-likeness (QED) is 0.787. The summed E-state index contributed by atoms with van der Waals surface area (Å²) in [6.07, 6.45) is -0.387. The van der Waals surface area contributed by atoms with Gasteiger partial charge >= 0.3 is 6.09 Å². The summed E-state index contributed by atoms with van der Waals surface area (Å²) in [5.74, 6) is 0. The largest absolute Gasteiger partial charge is 0.448 e. The van der Waals surface area contributed by atoms with E-state index in [9.17, 15) is 4.79 Å². The SMILES string of the molecule is CN(C(=O)OCCN)c1ccccc1. The molecule has 1 aromatic rings. The Balaban J connectivity index is 2.57. The van der Waals surface area contributed by atoms with Crippen LogP contribution < -0.4 is 10.6 Å². The monoisotopic (exact) mass is 194 g/mol. The molecule has 0 atom stereocenters. The van der Waals surface area contributed by atoms with Crippen LogP contribution in [0.5, 0.6) is 0 Å². The number of anilines is 1. The molecule has 0 radical (unpaired) electrons. The minimum absolute atomic E-state index is 0.246. The molecule has 2 N–H and O–H groups in total. The van der Waals surface area contributed by atoms with Gasteiger partial charge in [-0.05, 0) is 12.1 Å². The van der Waals surface area contributed by atoms with Crippen molar-refractivity contribution in [3.8, 4) is 0 Å². The molecule has 1 aromatic carbocycles. The molecule has 0 bridgehead atoms. The van der Waals surface area contributed by atoms with E-state index in [-0.39, 0.29) is 12.7 Å². The van der Waals surface area contributed by atoms with E-state index in [1.54, 1.807) is 7.05 Å². The summed E-state index contributed by atoms with van der Waals surface area (Å²) in [4.78, 5) is 12.8. The number of ether oxygens (including phenoxy) is 1. The van der Waals surface area contributed by atoms with E-state index in [2.05, 4.69) is 0 Å². The Bertz CT molecular complexity index is 287. The van der Waals surface area contributed by atoms with Crippen molar-refractivity contribution < 1.29 is 9.53 Å². The first-order valence-corrected chi connectivity index (χ1v) is 4.41. The first-order valence-electron chi connectivity index (χ1n) is 4.41. The summed E-state index contributed by atoms with van der Waals surface area (Å²) in [7, 11) is 1.66. The Morgan fingerprint density at radius 1 is 1.43 bits per heavy atom. The molecule has 4 heteroatoms. The minimum atomic E-state index is -0.387. The molecule has 76 valence electrons. The lowest BCUT2D eigenvalue weighted by Crippen LogP contribution is -2.28. The fourth-order valence-electron chi connectivity index (χ4n) is 1.00. The average Bonchev–Trinajstić information content (AvgIpc) is 2.26. The highest BCUT2D eigenvalue weighted by molar-refractivity contribution is 5.86. The minimum Gasteiger partial charge on any atom is -0.448 e. The second-order valence-electron chi connectivity index (χ2n) is 2.80. The molecule has 0 saturated carbocycles. The van der Waals surface area contributed by atoms with E-state index in [1.165, 1.54) is 4.90 Å². The first kappa shape index (κ1) is 10.5. The Morgan fingerprint density at radius 2 is 2.07 bits per heavy atom. The van der Waals surface area contributed by atoms with Crippen molar-refractivity contribution in [2.24, 2.45) is 5.73 Å². The third-order valence-corrected chi connectivity index (χ3v) is 1.76. The molecule has 0 saturated heterocycles. The summed E-state index contributed by atoms with van der Waals surface area (Å²) in [5, 5.41) is 0. The third-order valence-electron chi connectivity index (χ3n) is 1.76. The second-order valence-corrected chi connectivity index (χ2v) is 2.80. The Morgan fingerprint density at radius 3 is 2.64 bits per heavy atom. The molecule has 14 heavy (non-hydrogen) atoms. The van der Waals surface area contributed by atoms with Crippen LogP contribution >= 0.6 is 0 Å². The van der Waals surface area contributed by atoms with Gasteiger partial charge < -0.3 is 10.5 Å². The van der Waals surface area contributed by atoms with E-state index in [1.807, 2.05) is 30.3 Å². The number of nitrogens with two attached hydrogens (primary N) is 1. The summed E-state index contributed by atoms with van der Waals surface area (Å²) < 4.78 is 4.87. The molecule has 4 nitrogen and oxygen atoms in total. The number of carbonyl (C=O) groups is 1. The molecule has 1 rings (SSSR count). The van der Waals surface area contributed by atoms with Gasteiger partial charge in [0, 0.05) is 19.3 Å². The van der Waals surface area contributed by atoms with Crippen molar-refractivity contribution in [3.63, 3.8) is 0 Å². The normalized spacial score (nSPS) is 9.57. The fraction of sp³-hybridized carbons (Fsp3) is 0.300. The van der Waals surface area contributed by atoms with Crippen LogP contribution in [0.2, 0.25) is 0 Å². The number of benzene rings is 1. The van der Waals surface area contributed by atoms with Gasteiger partial charge in [0.05, 0.1) is 0 Å². The van der Waals surface area contributed by atoms with Crippen molar-refractivity contribution in [1.29, 1.82) is 0 Å². The topological polar surface area (TPSA) is 55.6 Å². The Kier molecular flexibility index (Phi) is 3.94. The fourth-order valence-corrected chi connectivity index (χ4v) is 1.00. The van der Waals surface area contributed by atoms with Crippen molar-refractivity contribution in [1.82, 2.24) is 0 Å². The molecular formula is C10H14N2O2. The number of para-hydroxylation sites is 1. The average molecular weight is 194 g/mol. The summed E-state index contributed by atoms with van der Waals surface area (Å²) in [6, 6.07) is 9.29.